The molecule has 1 aromatic rings. The molecule has 2 N–H and O–H groups in total. The summed E-state index contributed by atoms with van der Waals surface area (Å²) >= 11 is 1.27. The summed E-state index contributed by atoms with van der Waals surface area (Å²) in [5, 5.41) is 12.9. The molecule has 0 aliphatic heterocycles. The number of rotatable bonds is 3. The van der Waals surface area contributed by atoms with E-state index in [1.165, 1.54) is 11.3 Å². The third-order valence-electron chi connectivity index (χ3n) is 1.13. The lowest BCUT2D eigenvalue weighted by Crippen LogP contribution is -2.29. The van der Waals surface area contributed by atoms with Gasteiger partial charge in [-0.05, 0) is 6.92 Å². The zero-order valence-electron chi connectivity index (χ0n) is 7.20. The summed E-state index contributed by atoms with van der Waals surface area (Å²) in [6.07, 6.45) is 0. The van der Waals surface area contributed by atoms with Crippen LogP contribution in [0.1, 0.15) is 6.92 Å². The first-order chi connectivity index (χ1) is 6.18. The fraction of sp³-hybridized carbons (Fsp3) is 0.286. The molecule has 0 fully saturated rings. The van der Waals surface area contributed by atoms with Crippen LogP contribution in [0.5, 0.6) is 0 Å². The molecule has 0 saturated heterocycles. The SMILES string of the molecule is C=C(C)CNC(=O)Nc1nncs1. The van der Waals surface area contributed by atoms with Crippen molar-refractivity contribution in [3.63, 3.8) is 0 Å². The number of hydrogen-bond acceptors (Lipinski definition) is 4. The standard InChI is InChI=1S/C7H10N4OS/c1-5(2)3-8-6(12)10-7-11-9-4-13-7/h4H,1,3H2,2H3,(H2,8,10,11,12). The number of carbonyl (C=O) groups excluding carboxylic acids is 1. The van der Waals surface area contributed by atoms with Crippen molar-refractivity contribution in [3.8, 4) is 0 Å². The maximum atomic E-state index is 11.1. The van der Waals surface area contributed by atoms with Crippen molar-refractivity contribution in [1.29, 1.82) is 0 Å². The molecule has 2 amide bonds. The van der Waals surface area contributed by atoms with Gasteiger partial charge in [-0.3, -0.25) is 5.32 Å². The molecular formula is C7H10N4OS. The number of hydrogen-bond donors (Lipinski definition) is 2. The topological polar surface area (TPSA) is 66.9 Å². The van der Waals surface area contributed by atoms with E-state index in [2.05, 4.69) is 27.4 Å². The highest BCUT2D eigenvalue weighted by atomic mass is 32.1. The molecule has 0 saturated carbocycles. The fourth-order valence-corrected chi connectivity index (χ4v) is 1.04. The van der Waals surface area contributed by atoms with Gasteiger partial charge < -0.3 is 5.32 Å². The average Bonchev–Trinajstić information content (AvgIpc) is 2.53. The molecule has 70 valence electrons. The van der Waals surface area contributed by atoms with E-state index in [0.717, 1.165) is 5.57 Å². The van der Waals surface area contributed by atoms with E-state index in [4.69, 9.17) is 0 Å². The van der Waals surface area contributed by atoms with Crippen molar-refractivity contribution in [2.24, 2.45) is 0 Å². The van der Waals surface area contributed by atoms with Crippen LogP contribution in [-0.2, 0) is 0 Å². The third-order valence-corrected chi connectivity index (χ3v) is 1.74. The molecule has 1 rings (SSSR count). The highest BCUT2D eigenvalue weighted by Crippen LogP contribution is 2.06. The number of amides is 2. The normalized spacial score (nSPS) is 9.31. The van der Waals surface area contributed by atoms with E-state index in [0.29, 0.717) is 11.7 Å². The third kappa shape index (κ3) is 3.66. The van der Waals surface area contributed by atoms with E-state index < -0.39 is 0 Å². The predicted octanol–water partition coefficient (Wildman–Crippen LogP) is 1.24. The highest BCUT2D eigenvalue weighted by molar-refractivity contribution is 7.13. The number of carbonyl (C=O) groups is 1. The van der Waals surface area contributed by atoms with Gasteiger partial charge in [0, 0.05) is 6.54 Å². The minimum absolute atomic E-state index is 0.292. The second kappa shape index (κ2) is 4.56. The van der Waals surface area contributed by atoms with Crippen LogP contribution < -0.4 is 10.6 Å². The Morgan fingerprint density at radius 1 is 1.77 bits per heavy atom. The van der Waals surface area contributed by atoms with E-state index in [9.17, 15) is 4.79 Å². The van der Waals surface area contributed by atoms with Crippen LogP contribution in [-0.4, -0.2) is 22.8 Å². The van der Waals surface area contributed by atoms with Gasteiger partial charge in [0.05, 0.1) is 0 Å². The first-order valence-electron chi connectivity index (χ1n) is 3.64. The molecule has 6 heteroatoms. The summed E-state index contributed by atoms with van der Waals surface area (Å²) in [4.78, 5) is 11.1. The lowest BCUT2D eigenvalue weighted by molar-refractivity contribution is 0.253. The molecule has 1 aromatic heterocycles. The summed E-state index contributed by atoms with van der Waals surface area (Å²) in [7, 11) is 0. The minimum Gasteiger partial charge on any atom is -0.334 e. The van der Waals surface area contributed by atoms with Crippen molar-refractivity contribution in [2.75, 3.05) is 11.9 Å². The van der Waals surface area contributed by atoms with E-state index in [1.807, 2.05) is 6.92 Å². The maximum Gasteiger partial charge on any atom is 0.321 e. The predicted molar refractivity (Wildman–Crippen MR) is 51.7 cm³/mol. The second-order valence-electron chi connectivity index (χ2n) is 2.51. The summed E-state index contributed by atoms with van der Waals surface area (Å²) in [6.45, 7) is 5.96. The number of nitrogens with one attached hydrogen (secondary N) is 2. The molecule has 0 unspecified atom stereocenters. The van der Waals surface area contributed by atoms with Gasteiger partial charge in [0.2, 0.25) is 5.13 Å². The van der Waals surface area contributed by atoms with Gasteiger partial charge in [-0.2, -0.15) is 0 Å². The van der Waals surface area contributed by atoms with Gasteiger partial charge in [0.25, 0.3) is 0 Å². The highest BCUT2D eigenvalue weighted by Gasteiger charge is 2.02. The van der Waals surface area contributed by atoms with Crippen molar-refractivity contribution in [3.05, 3.63) is 17.7 Å². The lowest BCUT2D eigenvalue weighted by Gasteiger charge is -2.03. The molecule has 0 atom stereocenters. The van der Waals surface area contributed by atoms with Gasteiger partial charge in [-0.1, -0.05) is 23.5 Å². The van der Waals surface area contributed by atoms with Crippen LogP contribution >= 0.6 is 11.3 Å². The molecule has 0 spiro atoms. The molecule has 0 radical (unpaired) electrons. The molecule has 13 heavy (non-hydrogen) atoms. The second-order valence-corrected chi connectivity index (χ2v) is 3.34. The van der Waals surface area contributed by atoms with Crippen molar-refractivity contribution >= 4 is 22.5 Å². The Hall–Kier alpha value is -1.43. The quantitative estimate of drug-likeness (QED) is 0.718. The van der Waals surface area contributed by atoms with Crippen LogP contribution in [0, 0.1) is 0 Å². The molecule has 1 heterocycles. The summed E-state index contributed by atoms with van der Waals surface area (Å²) in [5.41, 5.74) is 2.45. The van der Waals surface area contributed by atoms with Crippen LogP contribution in [0.4, 0.5) is 9.93 Å². The van der Waals surface area contributed by atoms with Gasteiger partial charge in [-0.15, -0.1) is 10.2 Å². The Kier molecular flexibility index (Phi) is 3.39. The number of aromatic nitrogens is 2. The van der Waals surface area contributed by atoms with Crippen molar-refractivity contribution in [2.45, 2.75) is 6.92 Å². The Morgan fingerprint density at radius 3 is 3.08 bits per heavy atom. The van der Waals surface area contributed by atoms with Crippen LogP contribution in [0.25, 0.3) is 0 Å². The Labute approximate surface area is 79.9 Å². The molecule has 0 aliphatic rings. The van der Waals surface area contributed by atoms with Gasteiger partial charge in [0.1, 0.15) is 5.51 Å². The lowest BCUT2D eigenvalue weighted by atomic mass is 10.3. The van der Waals surface area contributed by atoms with E-state index in [-0.39, 0.29) is 6.03 Å². The summed E-state index contributed by atoms with van der Waals surface area (Å²) < 4.78 is 0. The van der Waals surface area contributed by atoms with Crippen LogP contribution in [0.15, 0.2) is 17.7 Å². The first kappa shape index (κ1) is 9.66. The maximum absolute atomic E-state index is 11.1. The number of urea groups is 1. The van der Waals surface area contributed by atoms with Gasteiger partial charge in [0.15, 0.2) is 0 Å². The van der Waals surface area contributed by atoms with E-state index in [1.54, 1.807) is 5.51 Å². The minimum atomic E-state index is -0.292. The molecule has 0 aromatic carbocycles. The van der Waals surface area contributed by atoms with E-state index >= 15 is 0 Å². The number of nitrogens with zero attached hydrogens (tertiary/aromatic N) is 2. The van der Waals surface area contributed by atoms with Crippen LogP contribution in [0.3, 0.4) is 0 Å². The van der Waals surface area contributed by atoms with Crippen molar-refractivity contribution < 1.29 is 4.79 Å². The largest absolute Gasteiger partial charge is 0.334 e. The molecule has 0 bridgehead atoms. The zero-order chi connectivity index (χ0) is 9.68. The number of anilines is 1. The fourth-order valence-electron chi connectivity index (χ4n) is 0.600. The summed E-state index contributed by atoms with van der Waals surface area (Å²) in [5.74, 6) is 0. The molecule has 0 aliphatic carbocycles. The monoisotopic (exact) mass is 198 g/mol. The Bertz CT molecular complexity index is 295. The average molecular weight is 198 g/mol. The Morgan fingerprint density at radius 2 is 2.54 bits per heavy atom. The smallest absolute Gasteiger partial charge is 0.321 e. The van der Waals surface area contributed by atoms with Crippen LogP contribution in [0.2, 0.25) is 0 Å². The molecular weight excluding hydrogens is 188 g/mol. The van der Waals surface area contributed by atoms with Gasteiger partial charge in [-0.25, -0.2) is 4.79 Å². The van der Waals surface area contributed by atoms with Crippen molar-refractivity contribution in [1.82, 2.24) is 15.5 Å². The first-order valence-corrected chi connectivity index (χ1v) is 4.52. The van der Waals surface area contributed by atoms with Gasteiger partial charge >= 0.3 is 6.03 Å². The molecule has 5 nitrogen and oxygen atoms in total. The summed E-state index contributed by atoms with van der Waals surface area (Å²) in [6, 6.07) is -0.292. The Balaban J connectivity index is 2.30. The zero-order valence-corrected chi connectivity index (χ0v) is 8.02.